The van der Waals surface area contributed by atoms with Gasteiger partial charge in [0.25, 0.3) is 0 Å². The molecule has 0 atom stereocenters. The molecule has 5 heteroatoms. The fourth-order valence-corrected chi connectivity index (χ4v) is 1.92. The van der Waals surface area contributed by atoms with Crippen molar-refractivity contribution in [1.29, 1.82) is 0 Å². The smallest absolute Gasteiger partial charge is 0.304 e. The van der Waals surface area contributed by atoms with Gasteiger partial charge in [0.05, 0.1) is 13.5 Å². The largest absolute Gasteiger partial charge is 0.497 e. The quantitative estimate of drug-likeness (QED) is 0.876. The molecule has 0 bridgehead atoms. The fraction of sp³-hybridized carbons (Fsp3) is 0.417. The zero-order chi connectivity index (χ0) is 12.8. The second-order valence-electron chi connectivity index (χ2n) is 3.84. The number of hydrogen-bond acceptors (Lipinski definition) is 3. The number of halogens is 1. The Kier molecular flexibility index (Phi) is 5.44. The van der Waals surface area contributed by atoms with E-state index >= 15 is 0 Å². The molecule has 1 aromatic rings. The van der Waals surface area contributed by atoms with E-state index in [1.165, 1.54) is 0 Å². The SMILES string of the molecule is COc1ccc(CN(C)CCC(=O)O)c(Br)c1. The molecule has 0 fully saturated rings. The highest BCUT2D eigenvalue weighted by Crippen LogP contribution is 2.23. The van der Waals surface area contributed by atoms with Crippen LogP contribution in [0.1, 0.15) is 12.0 Å². The van der Waals surface area contributed by atoms with Gasteiger partial charge in [0.15, 0.2) is 0 Å². The van der Waals surface area contributed by atoms with Gasteiger partial charge < -0.3 is 14.7 Å². The van der Waals surface area contributed by atoms with E-state index in [2.05, 4.69) is 15.9 Å². The molecule has 1 aromatic carbocycles. The molecule has 0 saturated carbocycles. The third-order valence-corrected chi connectivity index (χ3v) is 3.15. The number of carboxylic acids is 1. The minimum Gasteiger partial charge on any atom is -0.497 e. The van der Waals surface area contributed by atoms with Crippen LogP contribution in [0.5, 0.6) is 5.75 Å². The van der Waals surface area contributed by atoms with Crippen LogP contribution in [0.3, 0.4) is 0 Å². The highest BCUT2D eigenvalue weighted by atomic mass is 79.9. The van der Waals surface area contributed by atoms with Crippen molar-refractivity contribution in [2.75, 3.05) is 20.7 Å². The van der Waals surface area contributed by atoms with Crippen LogP contribution < -0.4 is 4.74 Å². The van der Waals surface area contributed by atoms with Crippen molar-refractivity contribution in [2.45, 2.75) is 13.0 Å². The fourth-order valence-electron chi connectivity index (χ4n) is 1.44. The lowest BCUT2D eigenvalue weighted by Gasteiger charge is -2.16. The molecule has 0 radical (unpaired) electrons. The molecule has 0 aliphatic carbocycles. The summed E-state index contributed by atoms with van der Waals surface area (Å²) in [5.74, 6) is 0.0273. The number of methoxy groups -OCH3 is 1. The van der Waals surface area contributed by atoms with Crippen molar-refractivity contribution < 1.29 is 14.6 Å². The summed E-state index contributed by atoms with van der Waals surface area (Å²) in [4.78, 5) is 12.4. The van der Waals surface area contributed by atoms with Gasteiger partial charge in [-0.15, -0.1) is 0 Å². The molecular formula is C12H16BrNO3. The normalized spacial score (nSPS) is 10.6. The Bertz CT molecular complexity index is 395. The molecule has 4 nitrogen and oxygen atoms in total. The number of ether oxygens (including phenoxy) is 1. The maximum atomic E-state index is 10.5. The first-order valence-electron chi connectivity index (χ1n) is 5.25. The van der Waals surface area contributed by atoms with E-state index < -0.39 is 5.97 Å². The van der Waals surface area contributed by atoms with Gasteiger partial charge in [-0.2, -0.15) is 0 Å². The number of nitrogens with zero attached hydrogens (tertiary/aromatic N) is 1. The van der Waals surface area contributed by atoms with Crippen LogP contribution in [0, 0.1) is 0 Å². The summed E-state index contributed by atoms with van der Waals surface area (Å²) < 4.78 is 6.08. The summed E-state index contributed by atoms with van der Waals surface area (Å²) in [5, 5.41) is 8.60. The number of aliphatic carboxylic acids is 1. The number of rotatable bonds is 6. The van der Waals surface area contributed by atoms with Crippen molar-refractivity contribution in [1.82, 2.24) is 4.90 Å². The zero-order valence-electron chi connectivity index (χ0n) is 9.94. The molecule has 1 rings (SSSR count). The molecule has 0 saturated heterocycles. The predicted octanol–water partition coefficient (Wildman–Crippen LogP) is 2.36. The average molecular weight is 302 g/mol. The molecule has 0 heterocycles. The summed E-state index contributed by atoms with van der Waals surface area (Å²) in [7, 11) is 3.53. The molecule has 1 N–H and O–H groups in total. The van der Waals surface area contributed by atoms with E-state index in [9.17, 15) is 4.79 Å². The minimum absolute atomic E-state index is 0.157. The molecular weight excluding hydrogens is 286 g/mol. The van der Waals surface area contributed by atoms with Gasteiger partial charge in [0.2, 0.25) is 0 Å². The lowest BCUT2D eigenvalue weighted by molar-refractivity contribution is -0.137. The molecule has 0 aromatic heterocycles. The molecule has 17 heavy (non-hydrogen) atoms. The van der Waals surface area contributed by atoms with Crippen LogP contribution in [0.15, 0.2) is 22.7 Å². The van der Waals surface area contributed by atoms with Crippen molar-refractivity contribution in [3.8, 4) is 5.75 Å². The summed E-state index contributed by atoms with van der Waals surface area (Å²) in [5.41, 5.74) is 1.11. The Morgan fingerprint density at radius 1 is 1.53 bits per heavy atom. The Hall–Kier alpha value is -1.07. The Morgan fingerprint density at radius 2 is 2.24 bits per heavy atom. The van der Waals surface area contributed by atoms with Gasteiger partial charge in [0, 0.05) is 17.6 Å². The Labute approximate surface area is 109 Å². The van der Waals surface area contributed by atoms with E-state index in [4.69, 9.17) is 9.84 Å². The van der Waals surface area contributed by atoms with Crippen LogP contribution in [-0.4, -0.2) is 36.7 Å². The van der Waals surface area contributed by atoms with Crippen LogP contribution in [0.4, 0.5) is 0 Å². The minimum atomic E-state index is -0.773. The Morgan fingerprint density at radius 3 is 2.76 bits per heavy atom. The van der Waals surface area contributed by atoms with Crippen LogP contribution in [-0.2, 0) is 11.3 Å². The molecule has 0 unspecified atom stereocenters. The summed E-state index contributed by atoms with van der Waals surface area (Å²) >= 11 is 3.47. The van der Waals surface area contributed by atoms with Gasteiger partial charge in [-0.3, -0.25) is 4.79 Å². The zero-order valence-corrected chi connectivity index (χ0v) is 11.5. The molecule has 0 aliphatic rings. The van der Waals surface area contributed by atoms with Gasteiger partial charge in [-0.25, -0.2) is 0 Å². The maximum absolute atomic E-state index is 10.5. The van der Waals surface area contributed by atoms with Crippen molar-refractivity contribution in [2.24, 2.45) is 0 Å². The van der Waals surface area contributed by atoms with Gasteiger partial charge in [-0.1, -0.05) is 22.0 Å². The monoisotopic (exact) mass is 301 g/mol. The van der Waals surface area contributed by atoms with Gasteiger partial charge >= 0.3 is 5.97 Å². The first-order chi connectivity index (χ1) is 8.02. The average Bonchev–Trinajstić information content (AvgIpc) is 2.29. The highest BCUT2D eigenvalue weighted by molar-refractivity contribution is 9.10. The standard InChI is InChI=1S/C12H16BrNO3/c1-14(6-5-12(15)16)8-9-3-4-10(17-2)7-11(9)13/h3-4,7H,5-6,8H2,1-2H3,(H,15,16). The maximum Gasteiger partial charge on any atom is 0.304 e. The molecule has 0 amide bonds. The summed E-state index contributed by atoms with van der Waals surface area (Å²) in [6, 6.07) is 5.77. The number of carboxylic acid groups (broad SMARTS) is 1. The Balaban J connectivity index is 2.59. The van der Waals surface area contributed by atoms with Crippen molar-refractivity contribution >= 4 is 21.9 Å². The van der Waals surface area contributed by atoms with E-state index in [-0.39, 0.29) is 6.42 Å². The third-order valence-electron chi connectivity index (χ3n) is 2.41. The number of hydrogen-bond donors (Lipinski definition) is 1. The van der Waals surface area contributed by atoms with Crippen LogP contribution >= 0.6 is 15.9 Å². The van der Waals surface area contributed by atoms with Crippen LogP contribution in [0.25, 0.3) is 0 Å². The van der Waals surface area contributed by atoms with E-state index in [1.807, 2.05) is 30.1 Å². The van der Waals surface area contributed by atoms with E-state index in [1.54, 1.807) is 7.11 Å². The second kappa shape index (κ2) is 6.61. The highest BCUT2D eigenvalue weighted by Gasteiger charge is 2.07. The molecule has 0 aliphatic heterocycles. The predicted molar refractivity (Wildman–Crippen MR) is 69.3 cm³/mol. The molecule has 0 spiro atoms. The summed E-state index contributed by atoms with van der Waals surface area (Å²) in [6.07, 6.45) is 0.157. The van der Waals surface area contributed by atoms with E-state index in [0.717, 1.165) is 15.8 Å². The lowest BCUT2D eigenvalue weighted by Crippen LogP contribution is -2.21. The van der Waals surface area contributed by atoms with Crippen molar-refractivity contribution in [3.63, 3.8) is 0 Å². The first-order valence-corrected chi connectivity index (χ1v) is 6.05. The molecule has 94 valence electrons. The lowest BCUT2D eigenvalue weighted by atomic mass is 10.2. The van der Waals surface area contributed by atoms with Gasteiger partial charge in [0.1, 0.15) is 5.75 Å². The van der Waals surface area contributed by atoms with Crippen molar-refractivity contribution in [3.05, 3.63) is 28.2 Å². The number of carbonyl (C=O) groups is 1. The summed E-state index contributed by atoms with van der Waals surface area (Å²) in [6.45, 7) is 1.24. The van der Waals surface area contributed by atoms with Gasteiger partial charge in [-0.05, 0) is 24.7 Å². The number of benzene rings is 1. The van der Waals surface area contributed by atoms with E-state index in [0.29, 0.717) is 13.1 Å². The third kappa shape index (κ3) is 4.75. The first kappa shape index (κ1) is 14.0. The topological polar surface area (TPSA) is 49.8 Å². The second-order valence-corrected chi connectivity index (χ2v) is 4.69. The van der Waals surface area contributed by atoms with Crippen LogP contribution in [0.2, 0.25) is 0 Å².